The molecule has 3 nitrogen and oxygen atoms in total. The average Bonchev–Trinajstić information content (AvgIpc) is 2.48. The smallest absolute Gasteiger partial charge is 0.212 e. The Morgan fingerprint density at radius 1 is 0.909 bits per heavy atom. The van der Waals surface area contributed by atoms with Crippen LogP contribution in [0.3, 0.4) is 0 Å². The van der Waals surface area contributed by atoms with Gasteiger partial charge in [0, 0.05) is 0 Å². The Morgan fingerprint density at radius 2 is 1.45 bits per heavy atom. The molecule has 0 aliphatic carbocycles. The average molecular weight is 317 g/mol. The molecule has 0 unspecified atom stereocenters. The molecule has 0 fully saturated rings. The van der Waals surface area contributed by atoms with Gasteiger partial charge in [-0.25, -0.2) is 13.1 Å². The first-order valence-electron chi connectivity index (χ1n) is 7.50. The van der Waals surface area contributed by atoms with Gasteiger partial charge in [-0.15, -0.1) is 0 Å². The standard InChI is InChI=1S/C18H23NO2S/c1-18(2,17-13-7-4-8-14-17)19-22(20,21)15-9-12-16-10-5-3-6-11-16/h3-8,10-11,13-14,19H,9,12,15H2,1-2H3. The van der Waals surface area contributed by atoms with E-state index in [1.807, 2.05) is 74.5 Å². The summed E-state index contributed by atoms with van der Waals surface area (Å²) < 4.78 is 27.4. The van der Waals surface area contributed by atoms with Crippen LogP contribution < -0.4 is 4.72 Å². The molecule has 2 aromatic carbocycles. The summed E-state index contributed by atoms with van der Waals surface area (Å²) in [6.07, 6.45) is 1.39. The number of sulfonamides is 1. The van der Waals surface area contributed by atoms with E-state index in [2.05, 4.69) is 4.72 Å². The summed E-state index contributed by atoms with van der Waals surface area (Å²) in [5.41, 5.74) is 1.52. The van der Waals surface area contributed by atoms with E-state index in [1.54, 1.807) is 0 Å². The van der Waals surface area contributed by atoms with Crippen molar-refractivity contribution in [3.63, 3.8) is 0 Å². The van der Waals surface area contributed by atoms with Crippen LogP contribution in [0.4, 0.5) is 0 Å². The molecular weight excluding hydrogens is 294 g/mol. The Morgan fingerprint density at radius 3 is 2.05 bits per heavy atom. The van der Waals surface area contributed by atoms with E-state index < -0.39 is 15.6 Å². The summed E-state index contributed by atoms with van der Waals surface area (Å²) in [7, 11) is -3.31. The van der Waals surface area contributed by atoms with Crippen LogP contribution >= 0.6 is 0 Å². The van der Waals surface area contributed by atoms with Crippen LogP contribution in [0.2, 0.25) is 0 Å². The van der Waals surface area contributed by atoms with Crippen LogP contribution in [-0.2, 0) is 22.0 Å². The molecule has 0 bridgehead atoms. The second-order valence-corrected chi connectivity index (χ2v) is 7.84. The minimum absolute atomic E-state index is 0.137. The van der Waals surface area contributed by atoms with Crippen molar-refractivity contribution in [2.45, 2.75) is 32.2 Å². The molecule has 2 rings (SSSR count). The molecule has 0 saturated carbocycles. The van der Waals surface area contributed by atoms with Gasteiger partial charge in [0.05, 0.1) is 11.3 Å². The van der Waals surface area contributed by atoms with Crippen molar-refractivity contribution < 1.29 is 8.42 Å². The fraction of sp³-hybridized carbons (Fsp3) is 0.333. The molecule has 1 N–H and O–H groups in total. The van der Waals surface area contributed by atoms with E-state index >= 15 is 0 Å². The molecule has 0 aromatic heterocycles. The fourth-order valence-electron chi connectivity index (χ4n) is 2.46. The third kappa shape index (κ3) is 4.97. The first-order chi connectivity index (χ1) is 10.4. The molecule has 0 atom stereocenters. The molecule has 0 radical (unpaired) electrons. The summed E-state index contributed by atoms with van der Waals surface area (Å²) in [5, 5.41) is 0. The zero-order chi connectivity index (χ0) is 16.1. The Kier molecular flexibility index (Phi) is 5.37. The highest BCUT2D eigenvalue weighted by molar-refractivity contribution is 7.89. The third-order valence-electron chi connectivity index (χ3n) is 3.63. The number of hydrogen-bond donors (Lipinski definition) is 1. The van der Waals surface area contributed by atoms with Crippen molar-refractivity contribution in [1.82, 2.24) is 4.72 Å². The van der Waals surface area contributed by atoms with Crippen molar-refractivity contribution in [3.8, 4) is 0 Å². The molecule has 0 spiro atoms. The van der Waals surface area contributed by atoms with Crippen LogP contribution in [0, 0.1) is 0 Å². The van der Waals surface area contributed by atoms with Crippen LogP contribution in [-0.4, -0.2) is 14.2 Å². The molecule has 0 saturated heterocycles. The van der Waals surface area contributed by atoms with Gasteiger partial charge in [0.1, 0.15) is 0 Å². The van der Waals surface area contributed by atoms with Crippen LogP contribution in [0.1, 0.15) is 31.4 Å². The third-order valence-corrected chi connectivity index (χ3v) is 5.27. The maximum atomic E-state index is 12.3. The van der Waals surface area contributed by atoms with Crippen molar-refractivity contribution in [3.05, 3.63) is 71.8 Å². The predicted molar refractivity (Wildman–Crippen MR) is 91.2 cm³/mol. The first kappa shape index (κ1) is 16.7. The molecule has 0 amide bonds. The van der Waals surface area contributed by atoms with Gasteiger partial charge in [-0.1, -0.05) is 60.7 Å². The van der Waals surface area contributed by atoms with E-state index in [0.29, 0.717) is 6.42 Å². The minimum atomic E-state index is -3.31. The number of nitrogens with one attached hydrogen (secondary N) is 1. The van der Waals surface area contributed by atoms with E-state index in [0.717, 1.165) is 12.0 Å². The van der Waals surface area contributed by atoms with Gasteiger partial charge in [-0.05, 0) is 37.8 Å². The topological polar surface area (TPSA) is 46.2 Å². The Labute approximate surface area is 133 Å². The highest BCUT2D eigenvalue weighted by atomic mass is 32.2. The normalized spacial score (nSPS) is 12.3. The fourth-order valence-corrected chi connectivity index (χ4v) is 3.99. The zero-order valence-electron chi connectivity index (χ0n) is 13.1. The molecule has 22 heavy (non-hydrogen) atoms. The van der Waals surface area contributed by atoms with E-state index in [-0.39, 0.29) is 5.75 Å². The van der Waals surface area contributed by atoms with Crippen molar-refractivity contribution in [1.29, 1.82) is 0 Å². The molecule has 2 aromatic rings. The van der Waals surface area contributed by atoms with Crippen molar-refractivity contribution >= 4 is 10.0 Å². The minimum Gasteiger partial charge on any atom is -0.212 e. The number of rotatable bonds is 7. The summed E-state index contributed by atoms with van der Waals surface area (Å²) in [4.78, 5) is 0. The molecule has 4 heteroatoms. The van der Waals surface area contributed by atoms with Crippen molar-refractivity contribution in [2.24, 2.45) is 0 Å². The molecule has 118 valence electrons. The summed E-state index contributed by atoms with van der Waals surface area (Å²) in [6.45, 7) is 3.77. The molecule has 0 aliphatic rings. The Bertz CT molecular complexity index is 680. The van der Waals surface area contributed by atoms with Gasteiger partial charge in [0.2, 0.25) is 10.0 Å². The van der Waals surface area contributed by atoms with Gasteiger partial charge in [-0.3, -0.25) is 0 Å². The number of aryl methyl sites for hydroxylation is 1. The van der Waals surface area contributed by atoms with Crippen LogP contribution in [0.25, 0.3) is 0 Å². The number of benzene rings is 2. The summed E-state index contributed by atoms with van der Waals surface area (Å²) in [5.74, 6) is 0.137. The maximum absolute atomic E-state index is 12.3. The zero-order valence-corrected chi connectivity index (χ0v) is 13.9. The molecule has 0 heterocycles. The Balaban J connectivity index is 1.93. The van der Waals surface area contributed by atoms with E-state index in [9.17, 15) is 8.42 Å². The highest BCUT2D eigenvalue weighted by Gasteiger charge is 2.26. The lowest BCUT2D eigenvalue weighted by Crippen LogP contribution is -2.42. The van der Waals surface area contributed by atoms with E-state index in [4.69, 9.17) is 0 Å². The second kappa shape index (κ2) is 7.07. The lowest BCUT2D eigenvalue weighted by Gasteiger charge is -2.26. The van der Waals surface area contributed by atoms with Gasteiger partial charge in [-0.2, -0.15) is 0 Å². The lowest BCUT2D eigenvalue weighted by atomic mass is 9.96. The predicted octanol–water partition coefficient (Wildman–Crippen LogP) is 3.47. The highest BCUT2D eigenvalue weighted by Crippen LogP contribution is 2.20. The van der Waals surface area contributed by atoms with Gasteiger partial charge < -0.3 is 0 Å². The number of hydrogen-bond acceptors (Lipinski definition) is 2. The molecule has 0 aliphatic heterocycles. The largest absolute Gasteiger partial charge is 0.212 e. The summed E-state index contributed by atoms with van der Waals surface area (Å²) >= 11 is 0. The summed E-state index contributed by atoms with van der Waals surface area (Å²) in [6, 6.07) is 19.6. The lowest BCUT2D eigenvalue weighted by molar-refractivity contribution is 0.471. The van der Waals surface area contributed by atoms with Gasteiger partial charge >= 0.3 is 0 Å². The second-order valence-electron chi connectivity index (χ2n) is 6.00. The van der Waals surface area contributed by atoms with Gasteiger partial charge in [0.15, 0.2) is 0 Å². The SMILES string of the molecule is CC(C)(NS(=O)(=O)CCCc1ccccc1)c1ccccc1. The van der Waals surface area contributed by atoms with Crippen LogP contribution in [0.5, 0.6) is 0 Å². The Hall–Kier alpha value is -1.65. The van der Waals surface area contributed by atoms with E-state index in [1.165, 1.54) is 5.56 Å². The first-order valence-corrected chi connectivity index (χ1v) is 9.15. The quantitative estimate of drug-likeness (QED) is 0.850. The monoisotopic (exact) mass is 317 g/mol. The van der Waals surface area contributed by atoms with Gasteiger partial charge in [0.25, 0.3) is 0 Å². The van der Waals surface area contributed by atoms with Crippen molar-refractivity contribution in [2.75, 3.05) is 5.75 Å². The van der Waals surface area contributed by atoms with Crippen LogP contribution in [0.15, 0.2) is 60.7 Å². The molecular formula is C18H23NO2S. The maximum Gasteiger partial charge on any atom is 0.212 e.